The maximum Gasteiger partial charge on any atom is 0.0306 e. The highest BCUT2D eigenvalue weighted by molar-refractivity contribution is 4.95. The van der Waals surface area contributed by atoms with Gasteiger partial charge in [0.15, 0.2) is 0 Å². The van der Waals surface area contributed by atoms with Crippen LogP contribution in [0.5, 0.6) is 0 Å². The fourth-order valence-electron chi connectivity index (χ4n) is 3.21. The van der Waals surface area contributed by atoms with Crippen LogP contribution in [0, 0.1) is 11.8 Å². The summed E-state index contributed by atoms with van der Waals surface area (Å²) in [6.07, 6.45) is 9.60. The molecule has 0 radical (unpaired) electrons. The summed E-state index contributed by atoms with van der Waals surface area (Å²) in [6.45, 7) is 10.2. The third kappa shape index (κ3) is 4.81. The largest absolute Gasteiger partial charge is 0.329 e. The maximum absolute atomic E-state index is 6.03. The van der Waals surface area contributed by atoms with E-state index in [1.165, 1.54) is 32.1 Å². The van der Waals surface area contributed by atoms with E-state index in [9.17, 15) is 0 Å². The van der Waals surface area contributed by atoms with Crippen LogP contribution in [0.15, 0.2) is 12.7 Å². The predicted molar refractivity (Wildman–Crippen MR) is 76.0 cm³/mol. The maximum atomic E-state index is 6.03. The van der Waals surface area contributed by atoms with Crippen LogP contribution in [-0.4, -0.2) is 18.6 Å². The normalized spacial score (nSPS) is 29.5. The Morgan fingerprint density at radius 3 is 2.88 bits per heavy atom. The van der Waals surface area contributed by atoms with Gasteiger partial charge in [-0.1, -0.05) is 32.8 Å². The highest BCUT2D eigenvalue weighted by Crippen LogP contribution is 2.35. The molecule has 0 amide bonds. The summed E-state index contributed by atoms with van der Waals surface area (Å²) in [5, 5.41) is 3.69. The van der Waals surface area contributed by atoms with Crippen LogP contribution >= 0.6 is 0 Å². The van der Waals surface area contributed by atoms with Crippen molar-refractivity contribution in [1.29, 1.82) is 0 Å². The monoisotopic (exact) mass is 238 g/mol. The highest BCUT2D eigenvalue weighted by atomic mass is 15.0. The lowest BCUT2D eigenvalue weighted by Crippen LogP contribution is -2.54. The summed E-state index contributed by atoms with van der Waals surface area (Å²) < 4.78 is 0. The van der Waals surface area contributed by atoms with Gasteiger partial charge >= 0.3 is 0 Å². The summed E-state index contributed by atoms with van der Waals surface area (Å²) >= 11 is 0. The zero-order chi connectivity index (χ0) is 12.7. The summed E-state index contributed by atoms with van der Waals surface area (Å²) in [4.78, 5) is 0. The predicted octanol–water partition coefficient (Wildman–Crippen LogP) is 3.09. The van der Waals surface area contributed by atoms with Gasteiger partial charge in [-0.3, -0.25) is 0 Å². The second-order valence-corrected chi connectivity index (χ2v) is 6.08. The molecule has 0 aromatic carbocycles. The molecule has 1 saturated carbocycles. The summed E-state index contributed by atoms with van der Waals surface area (Å²) in [6, 6.07) is 0. The molecule has 100 valence electrons. The number of rotatable bonds is 7. The molecule has 0 saturated heterocycles. The smallest absolute Gasteiger partial charge is 0.0306 e. The zero-order valence-electron chi connectivity index (χ0n) is 11.7. The van der Waals surface area contributed by atoms with Crippen molar-refractivity contribution < 1.29 is 0 Å². The zero-order valence-corrected chi connectivity index (χ0v) is 11.7. The van der Waals surface area contributed by atoms with Gasteiger partial charge in [-0.25, -0.2) is 0 Å². The van der Waals surface area contributed by atoms with E-state index in [0.29, 0.717) is 0 Å². The molecule has 1 aliphatic carbocycles. The molecule has 1 fully saturated rings. The average Bonchev–Trinajstić information content (AvgIpc) is 2.29. The van der Waals surface area contributed by atoms with Gasteiger partial charge in [0.2, 0.25) is 0 Å². The van der Waals surface area contributed by atoms with Gasteiger partial charge in [-0.15, -0.1) is 6.58 Å². The van der Waals surface area contributed by atoms with Crippen LogP contribution in [-0.2, 0) is 0 Å². The molecule has 2 nitrogen and oxygen atoms in total. The Kier molecular flexibility index (Phi) is 6.21. The number of nitrogens with one attached hydrogen (secondary N) is 1. The molecule has 0 bridgehead atoms. The van der Waals surface area contributed by atoms with Crippen molar-refractivity contribution in [3.05, 3.63) is 12.7 Å². The van der Waals surface area contributed by atoms with E-state index in [2.05, 4.69) is 25.7 Å². The van der Waals surface area contributed by atoms with Crippen molar-refractivity contribution in [1.82, 2.24) is 5.32 Å². The average molecular weight is 238 g/mol. The van der Waals surface area contributed by atoms with E-state index in [0.717, 1.165) is 31.3 Å². The lowest BCUT2D eigenvalue weighted by molar-refractivity contribution is 0.169. The minimum absolute atomic E-state index is 0.209. The first-order valence-electron chi connectivity index (χ1n) is 7.18. The van der Waals surface area contributed by atoms with Crippen LogP contribution in [0.2, 0.25) is 0 Å². The van der Waals surface area contributed by atoms with Crippen LogP contribution in [0.4, 0.5) is 0 Å². The van der Waals surface area contributed by atoms with E-state index in [-0.39, 0.29) is 5.54 Å². The van der Waals surface area contributed by atoms with E-state index in [1.54, 1.807) is 0 Å². The molecule has 1 rings (SSSR count). The highest BCUT2D eigenvalue weighted by Gasteiger charge is 2.34. The van der Waals surface area contributed by atoms with Crippen molar-refractivity contribution in [3.8, 4) is 0 Å². The molecular formula is C15H30N2. The van der Waals surface area contributed by atoms with Gasteiger partial charge in [0.25, 0.3) is 0 Å². The van der Waals surface area contributed by atoms with Gasteiger partial charge in [0, 0.05) is 12.1 Å². The Morgan fingerprint density at radius 2 is 2.29 bits per heavy atom. The molecule has 0 aliphatic heterocycles. The molecule has 0 aromatic heterocycles. The molecule has 0 heterocycles. The lowest BCUT2D eigenvalue weighted by atomic mass is 9.73. The molecule has 0 spiro atoms. The first kappa shape index (κ1) is 14.7. The standard InChI is InChI=1S/C15H30N2/c1-4-5-9-17-15(12-16)8-6-7-14(11-15)10-13(2)3/h4,13-14,17H,1,5-12,16H2,2-3H3. The molecule has 0 aromatic rings. The molecular weight excluding hydrogens is 208 g/mol. The third-order valence-corrected chi connectivity index (χ3v) is 3.99. The number of hydrogen-bond donors (Lipinski definition) is 2. The van der Waals surface area contributed by atoms with Gasteiger partial charge in [-0.05, 0) is 44.1 Å². The first-order chi connectivity index (χ1) is 8.12. The third-order valence-electron chi connectivity index (χ3n) is 3.99. The second-order valence-electron chi connectivity index (χ2n) is 6.08. The van der Waals surface area contributed by atoms with Crippen molar-refractivity contribution >= 4 is 0 Å². The van der Waals surface area contributed by atoms with Gasteiger partial charge in [0.1, 0.15) is 0 Å². The Balaban J connectivity index is 2.49. The van der Waals surface area contributed by atoms with Crippen molar-refractivity contribution in [2.24, 2.45) is 17.6 Å². The quantitative estimate of drug-likeness (QED) is 0.528. The van der Waals surface area contributed by atoms with Crippen LogP contribution in [0.1, 0.15) is 52.4 Å². The molecule has 2 heteroatoms. The van der Waals surface area contributed by atoms with E-state index < -0.39 is 0 Å². The van der Waals surface area contributed by atoms with Crippen LogP contribution in [0.25, 0.3) is 0 Å². The van der Waals surface area contributed by atoms with Crippen molar-refractivity contribution in [2.75, 3.05) is 13.1 Å². The van der Waals surface area contributed by atoms with E-state index in [1.807, 2.05) is 6.08 Å². The Labute approximate surface area is 107 Å². The fourth-order valence-corrected chi connectivity index (χ4v) is 3.21. The Hall–Kier alpha value is -0.340. The van der Waals surface area contributed by atoms with E-state index in [4.69, 9.17) is 5.73 Å². The van der Waals surface area contributed by atoms with Gasteiger partial charge in [-0.2, -0.15) is 0 Å². The molecule has 2 unspecified atom stereocenters. The van der Waals surface area contributed by atoms with Crippen molar-refractivity contribution in [3.63, 3.8) is 0 Å². The SMILES string of the molecule is C=CCCNC1(CN)CCCC(CC(C)C)C1. The summed E-state index contributed by atoms with van der Waals surface area (Å²) in [5.41, 5.74) is 6.23. The number of hydrogen-bond acceptors (Lipinski definition) is 2. The van der Waals surface area contributed by atoms with E-state index >= 15 is 0 Å². The molecule has 2 atom stereocenters. The van der Waals surface area contributed by atoms with Gasteiger partial charge in [0.05, 0.1) is 0 Å². The Bertz CT molecular complexity index is 225. The summed E-state index contributed by atoms with van der Waals surface area (Å²) in [5.74, 6) is 1.67. The van der Waals surface area contributed by atoms with Crippen LogP contribution in [0.3, 0.4) is 0 Å². The second kappa shape index (κ2) is 7.17. The lowest BCUT2D eigenvalue weighted by Gasteiger charge is -2.41. The topological polar surface area (TPSA) is 38.0 Å². The Morgan fingerprint density at radius 1 is 1.53 bits per heavy atom. The summed E-state index contributed by atoms with van der Waals surface area (Å²) in [7, 11) is 0. The van der Waals surface area contributed by atoms with Crippen LogP contribution < -0.4 is 11.1 Å². The molecule has 17 heavy (non-hydrogen) atoms. The molecule has 1 aliphatic rings. The van der Waals surface area contributed by atoms with Gasteiger partial charge < -0.3 is 11.1 Å². The number of nitrogens with two attached hydrogens (primary N) is 1. The van der Waals surface area contributed by atoms with Crippen molar-refractivity contribution in [2.45, 2.75) is 57.9 Å². The minimum Gasteiger partial charge on any atom is -0.329 e. The minimum atomic E-state index is 0.209. The fraction of sp³-hybridized carbons (Fsp3) is 0.867. The molecule has 3 N–H and O–H groups in total. The first-order valence-corrected chi connectivity index (χ1v) is 7.18.